The number of unbranched alkanes of at least 4 members (excludes halogenated alkanes) is 2. The molecule has 0 aliphatic heterocycles. The van der Waals surface area contributed by atoms with Gasteiger partial charge in [-0.15, -0.1) is 0 Å². The van der Waals surface area contributed by atoms with Gasteiger partial charge in [0.05, 0.1) is 0 Å². The summed E-state index contributed by atoms with van der Waals surface area (Å²) in [7, 11) is 0. The van der Waals surface area contributed by atoms with Gasteiger partial charge in [-0.3, -0.25) is 0 Å². The van der Waals surface area contributed by atoms with E-state index in [4.69, 9.17) is 0 Å². The summed E-state index contributed by atoms with van der Waals surface area (Å²) in [5, 5.41) is 0. The molecule has 4 atom stereocenters. The number of hydrogen-bond donors (Lipinski definition) is 0. The maximum Gasteiger partial charge on any atom is -0.0349 e. The first-order chi connectivity index (χ1) is 6.33. The van der Waals surface area contributed by atoms with Crippen molar-refractivity contribution in [2.24, 2.45) is 23.7 Å². The van der Waals surface area contributed by atoms with Crippen LogP contribution in [0.2, 0.25) is 0 Å². The average Bonchev–Trinajstić information content (AvgIpc) is 2.79. The Morgan fingerprint density at radius 1 is 1.08 bits per heavy atom. The summed E-state index contributed by atoms with van der Waals surface area (Å²) >= 11 is 0. The molecule has 2 rings (SSSR count). The molecule has 0 amide bonds. The fraction of sp³-hybridized carbons (Fsp3) is 1.00. The first-order valence-corrected chi connectivity index (χ1v) is 6.33. The molecular formula is C13H24. The first kappa shape index (κ1) is 9.55. The van der Waals surface area contributed by atoms with Crippen molar-refractivity contribution in [2.75, 3.05) is 0 Å². The third-order valence-corrected chi connectivity index (χ3v) is 4.32. The Kier molecular flexibility index (Phi) is 2.96. The zero-order chi connectivity index (χ0) is 9.26. The standard InChI is InChI=1S/C13H24/c1-3-4-5-6-11-12-8-7-10(2)9-13(11)12/h10-13H,3-9H2,1-2H3. The van der Waals surface area contributed by atoms with E-state index >= 15 is 0 Å². The average molecular weight is 180 g/mol. The van der Waals surface area contributed by atoms with Crippen LogP contribution in [0, 0.1) is 23.7 Å². The SMILES string of the molecule is CCCCCC1C2CCC(C)CC12. The highest BCUT2D eigenvalue weighted by atomic mass is 14.6. The minimum absolute atomic E-state index is 1.04. The van der Waals surface area contributed by atoms with Gasteiger partial charge in [-0.2, -0.15) is 0 Å². The lowest BCUT2D eigenvalue weighted by Gasteiger charge is -2.15. The minimum Gasteiger partial charge on any atom is -0.0654 e. The van der Waals surface area contributed by atoms with Gasteiger partial charge in [0.1, 0.15) is 0 Å². The lowest BCUT2D eigenvalue weighted by Crippen LogP contribution is -2.03. The Balaban J connectivity index is 1.67. The monoisotopic (exact) mass is 180 g/mol. The molecule has 0 spiro atoms. The van der Waals surface area contributed by atoms with Crippen molar-refractivity contribution in [2.45, 2.75) is 58.8 Å². The third kappa shape index (κ3) is 2.08. The van der Waals surface area contributed by atoms with E-state index in [1.54, 1.807) is 19.3 Å². The van der Waals surface area contributed by atoms with Gasteiger partial charge in [0.15, 0.2) is 0 Å². The van der Waals surface area contributed by atoms with Crippen LogP contribution in [0.5, 0.6) is 0 Å². The molecule has 0 nitrogen and oxygen atoms in total. The van der Waals surface area contributed by atoms with Gasteiger partial charge in [-0.25, -0.2) is 0 Å². The number of rotatable bonds is 4. The summed E-state index contributed by atoms with van der Waals surface area (Å²) in [6, 6.07) is 0. The molecule has 2 aliphatic rings. The van der Waals surface area contributed by atoms with Crippen LogP contribution in [0.3, 0.4) is 0 Å². The summed E-state index contributed by atoms with van der Waals surface area (Å²) in [5.41, 5.74) is 0. The zero-order valence-corrected chi connectivity index (χ0v) is 9.26. The van der Waals surface area contributed by atoms with Gasteiger partial charge in [-0.05, 0) is 42.9 Å². The molecule has 0 aromatic heterocycles. The van der Waals surface area contributed by atoms with Crippen LogP contribution in [-0.2, 0) is 0 Å². The Morgan fingerprint density at radius 2 is 1.92 bits per heavy atom. The summed E-state index contributed by atoms with van der Waals surface area (Å²) in [4.78, 5) is 0. The summed E-state index contributed by atoms with van der Waals surface area (Å²) in [6.07, 6.45) is 10.5. The van der Waals surface area contributed by atoms with E-state index in [1.807, 2.05) is 0 Å². The van der Waals surface area contributed by atoms with Gasteiger partial charge in [0.2, 0.25) is 0 Å². The molecule has 0 saturated heterocycles. The van der Waals surface area contributed by atoms with E-state index in [1.165, 1.54) is 37.5 Å². The fourth-order valence-corrected chi connectivity index (χ4v) is 3.42. The molecule has 2 fully saturated rings. The van der Waals surface area contributed by atoms with Gasteiger partial charge < -0.3 is 0 Å². The fourth-order valence-electron chi connectivity index (χ4n) is 3.42. The van der Waals surface area contributed by atoms with E-state index in [9.17, 15) is 0 Å². The Labute approximate surface area is 83.1 Å². The molecule has 0 aromatic carbocycles. The summed E-state index contributed by atoms with van der Waals surface area (Å²) in [5.74, 6) is 4.54. The maximum atomic E-state index is 2.44. The van der Waals surface area contributed by atoms with E-state index in [0.29, 0.717) is 0 Å². The third-order valence-electron chi connectivity index (χ3n) is 4.32. The molecule has 0 radical (unpaired) electrons. The van der Waals surface area contributed by atoms with Crippen LogP contribution >= 0.6 is 0 Å². The predicted molar refractivity (Wildman–Crippen MR) is 57.6 cm³/mol. The van der Waals surface area contributed by atoms with Gasteiger partial charge in [-0.1, -0.05) is 39.5 Å². The normalized spacial score (nSPS) is 42.9. The van der Waals surface area contributed by atoms with Gasteiger partial charge in [0, 0.05) is 0 Å². The highest BCUT2D eigenvalue weighted by Gasteiger charge is 2.50. The quantitative estimate of drug-likeness (QED) is 0.567. The van der Waals surface area contributed by atoms with Gasteiger partial charge in [0.25, 0.3) is 0 Å². The molecule has 0 heterocycles. The van der Waals surface area contributed by atoms with Crippen molar-refractivity contribution in [1.29, 1.82) is 0 Å². The van der Waals surface area contributed by atoms with Crippen LogP contribution in [-0.4, -0.2) is 0 Å². The highest BCUT2D eigenvalue weighted by Crippen LogP contribution is 2.58. The molecule has 2 saturated carbocycles. The van der Waals surface area contributed by atoms with Crippen LogP contribution in [0.1, 0.15) is 58.8 Å². The minimum atomic E-state index is 1.04. The molecule has 0 aromatic rings. The highest BCUT2D eigenvalue weighted by molar-refractivity contribution is 4.99. The van der Waals surface area contributed by atoms with E-state index in [2.05, 4.69) is 13.8 Å². The Bertz CT molecular complexity index is 161. The van der Waals surface area contributed by atoms with Crippen LogP contribution in [0.15, 0.2) is 0 Å². The van der Waals surface area contributed by atoms with Crippen molar-refractivity contribution in [3.63, 3.8) is 0 Å². The second-order valence-corrected chi connectivity index (χ2v) is 5.41. The lowest BCUT2D eigenvalue weighted by molar-refractivity contribution is 0.368. The van der Waals surface area contributed by atoms with Crippen LogP contribution < -0.4 is 0 Å². The van der Waals surface area contributed by atoms with E-state index in [0.717, 1.165) is 11.8 Å². The molecule has 2 aliphatic carbocycles. The van der Waals surface area contributed by atoms with Crippen molar-refractivity contribution in [3.05, 3.63) is 0 Å². The van der Waals surface area contributed by atoms with Gasteiger partial charge >= 0.3 is 0 Å². The molecule has 0 bridgehead atoms. The second kappa shape index (κ2) is 4.02. The largest absolute Gasteiger partial charge is 0.0654 e. The van der Waals surface area contributed by atoms with Crippen molar-refractivity contribution in [1.82, 2.24) is 0 Å². The smallest absolute Gasteiger partial charge is 0.0349 e. The maximum absolute atomic E-state index is 2.44. The molecule has 0 N–H and O–H groups in total. The van der Waals surface area contributed by atoms with Crippen LogP contribution in [0.25, 0.3) is 0 Å². The Hall–Kier alpha value is 0. The zero-order valence-electron chi connectivity index (χ0n) is 9.26. The molecule has 4 unspecified atom stereocenters. The number of fused-ring (bicyclic) bond motifs is 1. The van der Waals surface area contributed by atoms with Crippen molar-refractivity contribution in [3.8, 4) is 0 Å². The lowest BCUT2D eigenvalue weighted by atomic mass is 9.91. The van der Waals surface area contributed by atoms with Crippen LogP contribution in [0.4, 0.5) is 0 Å². The second-order valence-electron chi connectivity index (χ2n) is 5.41. The predicted octanol–water partition coefficient (Wildman–Crippen LogP) is 4.25. The molecule has 76 valence electrons. The summed E-state index contributed by atoms with van der Waals surface area (Å²) in [6.45, 7) is 4.75. The molecular weight excluding hydrogens is 156 g/mol. The summed E-state index contributed by atoms with van der Waals surface area (Å²) < 4.78 is 0. The Morgan fingerprint density at radius 3 is 2.62 bits per heavy atom. The van der Waals surface area contributed by atoms with E-state index < -0.39 is 0 Å². The van der Waals surface area contributed by atoms with Crippen molar-refractivity contribution < 1.29 is 0 Å². The first-order valence-electron chi connectivity index (χ1n) is 6.33. The topological polar surface area (TPSA) is 0 Å². The van der Waals surface area contributed by atoms with E-state index in [-0.39, 0.29) is 0 Å². The number of hydrogen-bond acceptors (Lipinski definition) is 0. The molecule has 13 heavy (non-hydrogen) atoms. The van der Waals surface area contributed by atoms with Crippen molar-refractivity contribution >= 4 is 0 Å². The molecule has 0 heteroatoms.